The Balaban J connectivity index is 1.38. The highest BCUT2D eigenvalue weighted by atomic mass is 16.5. The zero-order valence-corrected chi connectivity index (χ0v) is 12.6. The number of H-pyrrole nitrogens is 1. The SMILES string of the molecule is O=C(c1ccn[nH]1)N1CC[C@@]2(C[C@@H](Nc3cnccn3)CO2)C1. The number of aromatic nitrogens is 4. The van der Waals surface area contributed by atoms with Crippen molar-refractivity contribution >= 4 is 11.7 Å². The minimum absolute atomic E-state index is 0.0201. The Kier molecular flexibility index (Phi) is 3.45. The van der Waals surface area contributed by atoms with Gasteiger partial charge in [0, 0.05) is 31.6 Å². The van der Waals surface area contributed by atoms with Crippen molar-refractivity contribution in [1.82, 2.24) is 25.1 Å². The van der Waals surface area contributed by atoms with Gasteiger partial charge in [-0.3, -0.25) is 14.9 Å². The van der Waals surface area contributed by atoms with Crippen LogP contribution in [0, 0.1) is 0 Å². The molecule has 0 saturated carbocycles. The van der Waals surface area contributed by atoms with E-state index in [-0.39, 0.29) is 17.6 Å². The van der Waals surface area contributed by atoms with Crippen LogP contribution >= 0.6 is 0 Å². The molecule has 0 radical (unpaired) electrons. The number of ether oxygens (including phenoxy) is 1. The predicted molar refractivity (Wildman–Crippen MR) is 81.9 cm³/mol. The molecule has 1 amide bonds. The van der Waals surface area contributed by atoms with Gasteiger partial charge in [-0.2, -0.15) is 5.10 Å². The normalized spacial score (nSPS) is 26.8. The zero-order valence-electron chi connectivity index (χ0n) is 12.6. The fraction of sp³-hybridized carbons (Fsp3) is 0.467. The Morgan fingerprint density at radius 3 is 3.17 bits per heavy atom. The molecule has 2 aliphatic heterocycles. The summed E-state index contributed by atoms with van der Waals surface area (Å²) >= 11 is 0. The summed E-state index contributed by atoms with van der Waals surface area (Å²) in [7, 11) is 0. The maximum atomic E-state index is 12.4. The molecular formula is C15H18N6O2. The van der Waals surface area contributed by atoms with Gasteiger partial charge in [-0.1, -0.05) is 0 Å². The lowest BCUT2D eigenvalue weighted by Crippen LogP contribution is -2.36. The van der Waals surface area contributed by atoms with E-state index in [0.29, 0.717) is 25.4 Å². The van der Waals surface area contributed by atoms with Crippen LogP contribution < -0.4 is 5.32 Å². The van der Waals surface area contributed by atoms with Gasteiger partial charge in [0.15, 0.2) is 0 Å². The predicted octanol–water partition coefficient (Wildman–Crippen LogP) is 0.685. The van der Waals surface area contributed by atoms with Crippen LogP contribution in [-0.2, 0) is 4.74 Å². The van der Waals surface area contributed by atoms with E-state index in [9.17, 15) is 4.79 Å². The van der Waals surface area contributed by atoms with Gasteiger partial charge in [0.05, 0.1) is 31.0 Å². The van der Waals surface area contributed by atoms with E-state index in [1.165, 1.54) is 0 Å². The number of likely N-dealkylation sites (tertiary alicyclic amines) is 1. The lowest BCUT2D eigenvalue weighted by molar-refractivity contribution is 0.0124. The summed E-state index contributed by atoms with van der Waals surface area (Å²) in [5.41, 5.74) is 0.268. The number of amides is 1. The first-order valence-electron chi connectivity index (χ1n) is 7.69. The molecule has 0 aliphatic carbocycles. The van der Waals surface area contributed by atoms with Crippen LogP contribution in [0.25, 0.3) is 0 Å². The molecule has 4 rings (SSSR count). The number of aromatic amines is 1. The molecular weight excluding hydrogens is 296 g/mol. The van der Waals surface area contributed by atoms with Gasteiger partial charge in [0.25, 0.3) is 5.91 Å². The highest BCUT2D eigenvalue weighted by molar-refractivity contribution is 5.92. The Hall–Kier alpha value is -2.48. The molecule has 2 aliphatic rings. The molecule has 23 heavy (non-hydrogen) atoms. The topological polar surface area (TPSA) is 96.0 Å². The van der Waals surface area contributed by atoms with Crippen LogP contribution in [0.1, 0.15) is 23.3 Å². The Labute approximate surface area is 133 Å². The van der Waals surface area contributed by atoms with Crippen LogP contribution in [0.2, 0.25) is 0 Å². The third-order valence-corrected chi connectivity index (χ3v) is 4.46. The Bertz CT molecular complexity index is 677. The van der Waals surface area contributed by atoms with Gasteiger partial charge in [-0.25, -0.2) is 4.98 Å². The second kappa shape index (κ2) is 5.62. The number of anilines is 1. The summed E-state index contributed by atoms with van der Waals surface area (Å²) in [6, 6.07) is 1.88. The maximum absolute atomic E-state index is 12.4. The molecule has 1 spiro atoms. The molecule has 2 N–H and O–H groups in total. The number of rotatable bonds is 3. The minimum Gasteiger partial charge on any atom is -0.371 e. The first kappa shape index (κ1) is 14.1. The van der Waals surface area contributed by atoms with Crippen LogP contribution in [0.3, 0.4) is 0 Å². The van der Waals surface area contributed by atoms with Crippen molar-refractivity contribution in [3.05, 3.63) is 36.5 Å². The molecule has 4 heterocycles. The van der Waals surface area contributed by atoms with Crippen molar-refractivity contribution in [3.63, 3.8) is 0 Å². The van der Waals surface area contributed by atoms with Crippen molar-refractivity contribution in [2.45, 2.75) is 24.5 Å². The van der Waals surface area contributed by atoms with Crippen molar-refractivity contribution in [2.75, 3.05) is 25.0 Å². The van der Waals surface area contributed by atoms with E-state index in [1.807, 2.05) is 4.90 Å². The van der Waals surface area contributed by atoms with Crippen LogP contribution in [0.4, 0.5) is 5.82 Å². The molecule has 8 nitrogen and oxygen atoms in total. The van der Waals surface area contributed by atoms with E-state index < -0.39 is 0 Å². The van der Waals surface area contributed by atoms with E-state index in [0.717, 1.165) is 18.7 Å². The quantitative estimate of drug-likeness (QED) is 0.865. The number of carbonyl (C=O) groups is 1. The Morgan fingerprint density at radius 2 is 2.39 bits per heavy atom. The third kappa shape index (κ3) is 2.77. The highest BCUT2D eigenvalue weighted by Crippen LogP contribution is 2.36. The average molecular weight is 314 g/mol. The molecule has 2 aromatic rings. The summed E-state index contributed by atoms with van der Waals surface area (Å²) in [5.74, 6) is 0.731. The molecule has 8 heteroatoms. The van der Waals surface area contributed by atoms with Crippen LogP contribution in [0.15, 0.2) is 30.9 Å². The lowest BCUT2D eigenvalue weighted by Gasteiger charge is -2.23. The van der Waals surface area contributed by atoms with Gasteiger partial charge >= 0.3 is 0 Å². The highest BCUT2D eigenvalue weighted by Gasteiger charge is 2.47. The average Bonchev–Trinajstić information content (AvgIpc) is 3.31. The number of nitrogens with one attached hydrogen (secondary N) is 2. The summed E-state index contributed by atoms with van der Waals surface area (Å²) in [4.78, 5) is 22.5. The molecule has 120 valence electrons. The van der Waals surface area contributed by atoms with Gasteiger partial charge < -0.3 is 15.0 Å². The molecule has 0 bridgehead atoms. The molecule has 2 atom stereocenters. The third-order valence-electron chi connectivity index (χ3n) is 4.46. The van der Waals surface area contributed by atoms with Crippen LogP contribution in [0.5, 0.6) is 0 Å². The smallest absolute Gasteiger partial charge is 0.271 e. The van der Waals surface area contributed by atoms with E-state index >= 15 is 0 Å². The van der Waals surface area contributed by atoms with Crippen molar-refractivity contribution < 1.29 is 9.53 Å². The maximum Gasteiger partial charge on any atom is 0.271 e. The number of hydrogen-bond donors (Lipinski definition) is 2. The number of hydrogen-bond acceptors (Lipinski definition) is 6. The minimum atomic E-state index is -0.254. The van der Waals surface area contributed by atoms with Gasteiger partial charge in [-0.15, -0.1) is 0 Å². The van der Waals surface area contributed by atoms with Crippen LogP contribution in [-0.4, -0.2) is 62.3 Å². The monoisotopic (exact) mass is 314 g/mol. The number of nitrogens with zero attached hydrogens (tertiary/aromatic N) is 4. The summed E-state index contributed by atoms with van der Waals surface area (Å²) in [5, 5.41) is 9.91. The van der Waals surface area contributed by atoms with Crippen molar-refractivity contribution in [1.29, 1.82) is 0 Å². The van der Waals surface area contributed by atoms with Crippen molar-refractivity contribution in [2.24, 2.45) is 0 Å². The first-order valence-corrected chi connectivity index (χ1v) is 7.69. The van der Waals surface area contributed by atoms with Crippen molar-refractivity contribution in [3.8, 4) is 0 Å². The van der Waals surface area contributed by atoms with E-state index in [4.69, 9.17) is 4.74 Å². The lowest BCUT2D eigenvalue weighted by atomic mass is 9.97. The molecule has 2 aromatic heterocycles. The number of carbonyl (C=O) groups excluding carboxylic acids is 1. The zero-order chi connectivity index (χ0) is 15.7. The van der Waals surface area contributed by atoms with Gasteiger partial charge in [0.2, 0.25) is 0 Å². The fourth-order valence-electron chi connectivity index (χ4n) is 3.37. The molecule has 2 saturated heterocycles. The second-order valence-corrected chi connectivity index (χ2v) is 6.08. The standard InChI is InChI=1S/C15H18N6O2/c22-14(12-1-3-18-20-12)21-6-2-15(10-21)7-11(9-23-15)19-13-8-16-4-5-17-13/h1,3-5,8,11H,2,6-7,9-10H2,(H,17,19)(H,18,20)/t11-,15-/m1/s1. The fourth-order valence-corrected chi connectivity index (χ4v) is 3.37. The first-order chi connectivity index (χ1) is 11.2. The Morgan fingerprint density at radius 1 is 1.43 bits per heavy atom. The molecule has 2 fully saturated rings. The van der Waals surface area contributed by atoms with Gasteiger partial charge in [0.1, 0.15) is 11.5 Å². The van der Waals surface area contributed by atoms with E-state index in [1.54, 1.807) is 30.9 Å². The largest absolute Gasteiger partial charge is 0.371 e. The molecule has 0 aromatic carbocycles. The second-order valence-electron chi connectivity index (χ2n) is 6.08. The summed E-state index contributed by atoms with van der Waals surface area (Å²) in [6.45, 7) is 1.93. The molecule has 0 unspecified atom stereocenters. The summed E-state index contributed by atoms with van der Waals surface area (Å²) in [6.07, 6.45) is 8.31. The van der Waals surface area contributed by atoms with Gasteiger partial charge in [-0.05, 0) is 12.5 Å². The summed E-state index contributed by atoms with van der Waals surface area (Å²) < 4.78 is 6.05. The van der Waals surface area contributed by atoms with E-state index in [2.05, 4.69) is 25.5 Å².